The fourth-order valence-corrected chi connectivity index (χ4v) is 7.98. The number of aliphatic hydroxyl groups excluding tert-OH is 2. The molecule has 8 atom stereocenters. The van der Waals surface area contributed by atoms with Crippen molar-refractivity contribution in [2.24, 2.45) is 39.9 Å². The zero-order valence-electron chi connectivity index (χ0n) is 19.8. The number of carbonyl (C=O) groups is 2. The minimum absolute atomic E-state index is 0.0339. The summed E-state index contributed by atoms with van der Waals surface area (Å²) in [7, 11) is 0. The highest BCUT2D eigenvalue weighted by atomic mass is 16.5. The van der Waals surface area contributed by atoms with Crippen molar-refractivity contribution in [3.8, 4) is 0 Å². The average Bonchev–Trinajstić information content (AvgIpc) is 3.03. The maximum absolute atomic E-state index is 12.8. The number of aliphatic hydroxyl groups is 2. The zero-order valence-corrected chi connectivity index (χ0v) is 19.8. The van der Waals surface area contributed by atoms with E-state index in [1.807, 2.05) is 20.8 Å². The van der Waals surface area contributed by atoms with Gasteiger partial charge < -0.3 is 14.9 Å². The van der Waals surface area contributed by atoms with Crippen LogP contribution in [-0.2, 0) is 14.3 Å². The van der Waals surface area contributed by atoms with Crippen molar-refractivity contribution in [2.45, 2.75) is 91.8 Å². The molecule has 0 radical (unpaired) electrons. The number of fused-ring (bicyclic) bond motifs is 5. The van der Waals surface area contributed by atoms with Crippen molar-refractivity contribution in [3.63, 3.8) is 0 Å². The van der Waals surface area contributed by atoms with Crippen LogP contribution in [0.15, 0.2) is 11.6 Å². The molecule has 0 heterocycles. The molecule has 5 heteroatoms. The van der Waals surface area contributed by atoms with Crippen LogP contribution in [0.2, 0.25) is 0 Å². The Bertz CT molecular complexity index is 779. The summed E-state index contributed by atoms with van der Waals surface area (Å²) < 4.78 is 6.16. The van der Waals surface area contributed by atoms with Gasteiger partial charge in [-0.2, -0.15) is 0 Å². The summed E-state index contributed by atoms with van der Waals surface area (Å²) >= 11 is 0. The van der Waals surface area contributed by atoms with Gasteiger partial charge in [-0.05, 0) is 83.0 Å². The topological polar surface area (TPSA) is 83.8 Å². The molecule has 0 aromatic heterocycles. The molecule has 0 aromatic rings. The molecule has 3 saturated carbocycles. The average molecular weight is 433 g/mol. The first-order valence-electron chi connectivity index (χ1n) is 12.2. The van der Waals surface area contributed by atoms with E-state index < -0.39 is 18.1 Å². The molecule has 0 aliphatic heterocycles. The van der Waals surface area contributed by atoms with Crippen molar-refractivity contribution in [2.75, 3.05) is 6.61 Å². The van der Waals surface area contributed by atoms with Crippen LogP contribution in [-0.4, -0.2) is 40.8 Å². The van der Waals surface area contributed by atoms with Crippen molar-refractivity contribution < 1.29 is 24.5 Å². The summed E-state index contributed by atoms with van der Waals surface area (Å²) in [6, 6.07) is 0. The number of esters is 1. The van der Waals surface area contributed by atoms with Gasteiger partial charge in [-0.1, -0.05) is 25.5 Å². The summed E-state index contributed by atoms with van der Waals surface area (Å²) in [6.45, 7) is 9.63. The number of allylic oxidation sites excluding steroid dienone is 1. The molecule has 0 spiro atoms. The van der Waals surface area contributed by atoms with Crippen LogP contribution in [0.1, 0.15) is 79.6 Å². The number of Topliss-reactive ketones (excluding diaryl/α,β-unsaturated/α-hetero) is 1. The predicted molar refractivity (Wildman–Crippen MR) is 118 cm³/mol. The third-order valence-electron chi connectivity index (χ3n) is 9.48. The quantitative estimate of drug-likeness (QED) is 0.519. The second-order valence-electron chi connectivity index (χ2n) is 12.1. The van der Waals surface area contributed by atoms with Crippen molar-refractivity contribution in [3.05, 3.63) is 11.6 Å². The molecular formula is C26H40O5. The smallest absolute Gasteiger partial charge is 0.311 e. The molecule has 0 bridgehead atoms. The molecule has 174 valence electrons. The van der Waals surface area contributed by atoms with E-state index in [-0.39, 0.29) is 40.5 Å². The summed E-state index contributed by atoms with van der Waals surface area (Å²) in [5, 5.41) is 21.1. The molecule has 0 amide bonds. The standard InChI is InChI=1S/C26H40O5/c1-24(2,3)23(30)31-21-8-6-7-15-9-10-16-17-11-12-18(20(29)14-27)25(17,4)13-19(28)22(16)26(15,21)5/h7,16-19,21-22,27-28H,6,8-14H2,1-5H3/t16-,17-,18+,19-,21?,22+,25-,26+/m0/s1. The van der Waals surface area contributed by atoms with Gasteiger partial charge in [-0.3, -0.25) is 9.59 Å². The second kappa shape index (κ2) is 7.69. The van der Waals surface area contributed by atoms with Crippen LogP contribution in [0.5, 0.6) is 0 Å². The van der Waals surface area contributed by atoms with Crippen molar-refractivity contribution in [1.29, 1.82) is 0 Å². The Morgan fingerprint density at radius 2 is 1.87 bits per heavy atom. The second-order valence-corrected chi connectivity index (χ2v) is 12.1. The van der Waals surface area contributed by atoms with Gasteiger partial charge in [0, 0.05) is 17.3 Å². The first-order chi connectivity index (χ1) is 14.4. The fourth-order valence-electron chi connectivity index (χ4n) is 7.98. The zero-order chi connectivity index (χ0) is 22.8. The van der Waals surface area contributed by atoms with Gasteiger partial charge >= 0.3 is 5.97 Å². The third-order valence-corrected chi connectivity index (χ3v) is 9.48. The highest BCUT2D eigenvalue weighted by molar-refractivity contribution is 5.83. The van der Waals surface area contributed by atoms with E-state index >= 15 is 0 Å². The lowest BCUT2D eigenvalue weighted by Gasteiger charge is -2.61. The minimum atomic E-state index is -0.557. The van der Waals surface area contributed by atoms with E-state index in [0.717, 1.165) is 38.5 Å². The van der Waals surface area contributed by atoms with Crippen LogP contribution in [0, 0.1) is 39.9 Å². The van der Waals surface area contributed by atoms with Crippen molar-refractivity contribution in [1.82, 2.24) is 0 Å². The van der Waals surface area contributed by atoms with Crippen LogP contribution in [0.25, 0.3) is 0 Å². The maximum atomic E-state index is 12.8. The van der Waals surface area contributed by atoms with Crippen molar-refractivity contribution >= 4 is 11.8 Å². The largest absolute Gasteiger partial charge is 0.461 e. The number of ketones is 1. The first kappa shape index (κ1) is 23.0. The van der Waals surface area contributed by atoms with E-state index in [1.54, 1.807) is 0 Å². The van der Waals surface area contributed by atoms with Crippen LogP contribution < -0.4 is 0 Å². The predicted octanol–water partition coefficient (Wildman–Crippen LogP) is 4.06. The Kier molecular flexibility index (Phi) is 5.70. The Morgan fingerprint density at radius 3 is 2.52 bits per heavy atom. The van der Waals surface area contributed by atoms with Gasteiger partial charge in [-0.15, -0.1) is 0 Å². The van der Waals surface area contributed by atoms with Gasteiger partial charge in [0.25, 0.3) is 0 Å². The van der Waals surface area contributed by atoms with Crippen LogP contribution in [0.4, 0.5) is 0 Å². The van der Waals surface area contributed by atoms with E-state index in [0.29, 0.717) is 18.3 Å². The monoisotopic (exact) mass is 432 g/mol. The summed E-state index contributed by atoms with van der Waals surface area (Å²) in [5.41, 5.74) is 0.167. The van der Waals surface area contributed by atoms with E-state index in [2.05, 4.69) is 19.9 Å². The Labute approximate surface area is 186 Å². The summed E-state index contributed by atoms with van der Waals surface area (Å²) in [5.74, 6) is 0.289. The molecular weight excluding hydrogens is 392 g/mol. The number of carbonyl (C=O) groups excluding carboxylic acids is 2. The highest BCUT2D eigenvalue weighted by Crippen LogP contribution is 2.67. The van der Waals surface area contributed by atoms with E-state index in [4.69, 9.17) is 4.74 Å². The fraction of sp³-hybridized carbons (Fsp3) is 0.846. The van der Waals surface area contributed by atoms with Gasteiger partial charge in [0.1, 0.15) is 12.7 Å². The van der Waals surface area contributed by atoms with Gasteiger partial charge in [0.05, 0.1) is 11.5 Å². The number of hydrogen-bond acceptors (Lipinski definition) is 5. The Hall–Kier alpha value is -1.20. The van der Waals surface area contributed by atoms with Crippen LogP contribution >= 0.6 is 0 Å². The lowest BCUT2D eigenvalue weighted by molar-refractivity contribution is -0.186. The Morgan fingerprint density at radius 1 is 1.16 bits per heavy atom. The molecule has 31 heavy (non-hydrogen) atoms. The van der Waals surface area contributed by atoms with Gasteiger partial charge in [0.2, 0.25) is 0 Å². The first-order valence-corrected chi connectivity index (χ1v) is 12.2. The molecule has 0 saturated heterocycles. The summed E-state index contributed by atoms with van der Waals surface area (Å²) in [6.07, 6.45) is 7.62. The van der Waals surface area contributed by atoms with E-state index in [9.17, 15) is 19.8 Å². The lowest BCUT2D eigenvalue weighted by atomic mass is 9.45. The molecule has 1 unspecified atom stereocenters. The maximum Gasteiger partial charge on any atom is 0.311 e. The Balaban J connectivity index is 1.69. The number of ether oxygens (including phenoxy) is 1. The molecule has 3 fully saturated rings. The summed E-state index contributed by atoms with van der Waals surface area (Å²) in [4.78, 5) is 25.3. The molecule has 4 aliphatic rings. The lowest BCUT2D eigenvalue weighted by Crippen LogP contribution is -2.60. The SMILES string of the molecule is CC(C)(C)C(=O)OC1CCC=C2CC[C@@H]3[C@H]([C@@H](O)C[C@]4(C)[C@@H](C(=O)CO)CC[C@@H]34)[C@]21C. The molecule has 2 N–H and O–H groups in total. The van der Waals surface area contributed by atoms with Crippen LogP contribution in [0.3, 0.4) is 0 Å². The number of rotatable bonds is 3. The molecule has 4 aliphatic carbocycles. The minimum Gasteiger partial charge on any atom is -0.461 e. The molecule has 0 aromatic carbocycles. The normalized spacial score (nSPS) is 44.5. The van der Waals surface area contributed by atoms with E-state index in [1.165, 1.54) is 5.57 Å². The van der Waals surface area contributed by atoms with Gasteiger partial charge in [-0.25, -0.2) is 0 Å². The highest BCUT2D eigenvalue weighted by Gasteiger charge is 2.64. The van der Waals surface area contributed by atoms with Gasteiger partial charge in [0.15, 0.2) is 5.78 Å². The molecule has 5 nitrogen and oxygen atoms in total. The molecule has 4 rings (SSSR count). The number of hydrogen-bond donors (Lipinski definition) is 2. The third kappa shape index (κ3) is 3.42.